The predicted molar refractivity (Wildman–Crippen MR) is 61.1 cm³/mol. The van der Waals surface area contributed by atoms with Crippen molar-refractivity contribution in [3.63, 3.8) is 0 Å². The number of para-hydroxylation sites is 1. The Labute approximate surface area is 104 Å². The van der Waals surface area contributed by atoms with E-state index in [1.807, 2.05) is 0 Å². The Morgan fingerprint density at radius 1 is 1.39 bits per heavy atom. The van der Waals surface area contributed by atoms with Crippen LogP contribution >= 0.6 is 0 Å². The second kappa shape index (κ2) is 5.77. The Bertz CT molecular complexity index is 415. The Hall–Kier alpha value is -1.69. The molecule has 0 saturated heterocycles. The van der Waals surface area contributed by atoms with Crippen LogP contribution in [0.2, 0.25) is 0 Å². The molecule has 1 aromatic rings. The lowest BCUT2D eigenvalue weighted by molar-refractivity contribution is -0.146. The predicted octanol–water partition coefficient (Wildman–Crippen LogP) is 1.62. The maximum atomic E-state index is 13.2. The number of hydrogen-bond acceptors (Lipinski definition) is 4. The first kappa shape index (κ1) is 14.4. The molecule has 1 rings (SSSR count). The molecule has 100 valence electrons. The van der Waals surface area contributed by atoms with E-state index in [-0.39, 0.29) is 13.0 Å². The minimum absolute atomic E-state index is 0.0768. The maximum Gasteiger partial charge on any atom is 0.325 e. The molecule has 18 heavy (non-hydrogen) atoms. The fourth-order valence-corrected chi connectivity index (χ4v) is 1.32. The molecule has 1 aromatic carbocycles. The zero-order valence-electron chi connectivity index (χ0n) is 10.2. The van der Waals surface area contributed by atoms with Crippen molar-refractivity contribution in [3.8, 4) is 5.75 Å². The van der Waals surface area contributed by atoms with Crippen LogP contribution in [0.15, 0.2) is 18.2 Å². The number of halogens is 2. The quantitative estimate of drug-likeness (QED) is 0.816. The molecule has 1 unspecified atom stereocenters. The van der Waals surface area contributed by atoms with Crippen molar-refractivity contribution in [3.05, 3.63) is 29.8 Å². The van der Waals surface area contributed by atoms with Crippen LogP contribution in [-0.2, 0) is 9.53 Å². The maximum absolute atomic E-state index is 13.2. The van der Waals surface area contributed by atoms with Crippen LogP contribution < -0.4 is 10.5 Å². The molecule has 4 nitrogen and oxygen atoms in total. The van der Waals surface area contributed by atoms with Gasteiger partial charge in [0, 0.05) is 6.42 Å². The van der Waals surface area contributed by atoms with Crippen LogP contribution in [0.5, 0.6) is 5.75 Å². The van der Waals surface area contributed by atoms with Crippen molar-refractivity contribution >= 4 is 5.97 Å². The summed E-state index contributed by atoms with van der Waals surface area (Å²) in [6.45, 7) is 1.36. The summed E-state index contributed by atoms with van der Waals surface area (Å²) in [4.78, 5) is 11.3. The summed E-state index contributed by atoms with van der Waals surface area (Å²) in [5.74, 6) is -2.68. The summed E-state index contributed by atoms with van der Waals surface area (Å²) in [6.07, 6.45) is 0.0768. The number of rotatable bonds is 5. The first-order valence-electron chi connectivity index (χ1n) is 5.32. The largest absolute Gasteiger partial charge is 0.488 e. The van der Waals surface area contributed by atoms with Gasteiger partial charge in [0.2, 0.25) is 0 Å². The van der Waals surface area contributed by atoms with Crippen molar-refractivity contribution in [1.82, 2.24) is 0 Å². The van der Waals surface area contributed by atoms with Crippen LogP contribution in [0.1, 0.15) is 13.3 Å². The fraction of sp³-hybridized carbons (Fsp3) is 0.417. The number of carbonyl (C=O) groups is 1. The minimum atomic E-state index is -1.25. The third-order valence-electron chi connectivity index (χ3n) is 2.44. The summed E-state index contributed by atoms with van der Waals surface area (Å²) < 4.78 is 35.9. The molecule has 0 fully saturated rings. The summed E-state index contributed by atoms with van der Waals surface area (Å²) in [6, 6.07) is 3.40. The third-order valence-corrected chi connectivity index (χ3v) is 2.44. The van der Waals surface area contributed by atoms with Gasteiger partial charge in [-0.2, -0.15) is 0 Å². The molecule has 0 aliphatic heterocycles. The number of nitrogens with two attached hydrogens (primary N) is 1. The lowest BCUT2D eigenvalue weighted by atomic mass is 10.0. The van der Waals surface area contributed by atoms with E-state index in [1.165, 1.54) is 20.1 Å². The van der Waals surface area contributed by atoms with Gasteiger partial charge in [0.1, 0.15) is 5.54 Å². The fourth-order valence-electron chi connectivity index (χ4n) is 1.32. The second-order valence-electron chi connectivity index (χ2n) is 4.06. The molecule has 0 radical (unpaired) electrons. The molecule has 0 saturated carbocycles. The van der Waals surface area contributed by atoms with Gasteiger partial charge in [-0.1, -0.05) is 6.07 Å². The molecular formula is C12H15F2NO3. The minimum Gasteiger partial charge on any atom is -0.488 e. The highest BCUT2D eigenvalue weighted by Crippen LogP contribution is 2.21. The van der Waals surface area contributed by atoms with E-state index in [0.29, 0.717) is 0 Å². The number of benzene rings is 1. The van der Waals surface area contributed by atoms with E-state index >= 15 is 0 Å². The zero-order chi connectivity index (χ0) is 13.8. The lowest BCUT2D eigenvalue weighted by Gasteiger charge is -2.21. The number of esters is 1. The van der Waals surface area contributed by atoms with E-state index in [0.717, 1.165) is 12.1 Å². The van der Waals surface area contributed by atoms with Crippen molar-refractivity contribution < 1.29 is 23.0 Å². The van der Waals surface area contributed by atoms with E-state index < -0.39 is 28.9 Å². The summed E-state index contributed by atoms with van der Waals surface area (Å²) in [7, 11) is 1.21. The highest BCUT2D eigenvalue weighted by molar-refractivity contribution is 5.79. The molecule has 0 amide bonds. The van der Waals surface area contributed by atoms with Gasteiger partial charge in [0.05, 0.1) is 13.7 Å². The molecule has 1 atom stereocenters. The van der Waals surface area contributed by atoms with Crippen molar-refractivity contribution in [2.24, 2.45) is 5.73 Å². The van der Waals surface area contributed by atoms with Crippen molar-refractivity contribution in [2.45, 2.75) is 18.9 Å². The van der Waals surface area contributed by atoms with Gasteiger partial charge in [-0.05, 0) is 19.1 Å². The zero-order valence-corrected chi connectivity index (χ0v) is 10.2. The molecule has 0 aromatic heterocycles. The first-order valence-corrected chi connectivity index (χ1v) is 5.32. The van der Waals surface area contributed by atoms with E-state index in [2.05, 4.69) is 4.74 Å². The molecule has 0 spiro atoms. The van der Waals surface area contributed by atoms with Crippen LogP contribution in [0.4, 0.5) is 8.78 Å². The summed E-state index contributed by atoms with van der Waals surface area (Å²) >= 11 is 0. The van der Waals surface area contributed by atoms with E-state index in [4.69, 9.17) is 10.5 Å². The number of ether oxygens (including phenoxy) is 2. The van der Waals surface area contributed by atoms with Crippen molar-refractivity contribution in [1.29, 1.82) is 0 Å². The van der Waals surface area contributed by atoms with Crippen LogP contribution in [0.25, 0.3) is 0 Å². The van der Waals surface area contributed by atoms with Gasteiger partial charge in [-0.25, -0.2) is 8.78 Å². The van der Waals surface area contributed by atoms with Crippen LogP contribution in [0.3, 0.4) is 0 Å². The van der Waals surface area contributed by atoms with Gasteiger partial charge in [-0.3, -0.25) is 4.79 Å². The Morgan fingerprint density at radius 3 is 2.44 bits per heavy atom. The number of hydrogen-bond donors (Lipinski definition) is 1. The molecule has 2 N–H and O–H groups in total. The average molecular weight is 259 g/mol. The Morgan fingerprint density at radius 2 is 1.94 bits per heavy atom. The van der Waals surface area contributed by atoms with Crippen molar-refractivity contribution in [2.75, 3.05) is 13.7 Å². The first-order chi connectivity index (χ1) is 8.38. The molecule has 0 bridgehead atoms. The number of carbonyl (C=O) groups excluding carboxylic acids is 1. The monoisotopic (exact) mass is 259 g/mol. The number of methoxy groups -OCH3 is 1. The highest BCUT2D eigenvalue weighted by Gasteiger charge is 2.29. The highest BCUT2D eigenvalue weighted by atomic mass is 19.1. The lowest BCUT2D eigenvalue weighted by Crippen LogP contribution is -2.46. The molecule has 0 aliphatic rings. The van der Waals surface area contributed by atoms with E-state index in [9.17, 15) is 13.6 Å². The van der Waals surface area contributed by atoms with Gasteiger partial charge in [0.25, 0.3) is 0 Å². The van der Waals surface area contributed by atoms with Gasteiger partial charge < -0.3 is 15.2 Å². The topological polar surface area (TPSA) is 61.5 Å². The Kier molecular flexibility index (Phi) is 4.61. The molecule has 0 aliphatic carbocycles. The van der Waals surface area contributed by atoms with Gasteiger partial charge in [0.15, 0.2) is 17.4 Å². The van der Waals surface area contributed by atoms with Gasteiger partial charge in [-0.15, -0.1) is 0 Å². The molecule has 0 heterocycles. The van der Waals surface area contributed by atoms with Gasteiger partial charge >= 0.3 is 5.97 Å². The second-order valence-corrected chi connectivity index (χ2v) is 4.06. The normalized spacial score (nSPS) is 13.8. The Balaban J connectivity index is 2.59. The summed E-state index contributed by atoms with van der Waals surface area (Å²) in [5, 5.41) is 0. The summed E-state index contributed by atoms with van der Waals surface area (Å²) in [5.41, 5.74) is 4.42. The smallest absolute Gasteiger partial charge is 0.325 e. The SMILES string of the molecule is COC(=O)C(C)(N)CCOc1c(F)cccc1F. The molecular weight excluding hydrogens is 244 g/mol. The standard InChI is InChI=1S/C12H15F2NO3/c1-12(15,11(16)17-2)6-7-18-10-8(13)4-3-5-9(10)14/h3-5H,6-7,15H2,1-2H3. The van der Waals surface area contributed by atoms with Crippen LogP contribution in [0, 0.1) is 11.6 Å². The average Bonchev–Trinajstić information content (AvgIpc) is 2.31. The third kappa shape index (κ3) is 3.40. The van der Waals surface area contributed by atoms with Crippen LogP contribution in [-0.4, -0.2) is 25.2 Å². The molecule has 6 heteroatoms. The van der Waals surface area contributed by atoms with E-state index in [1.54, 1.807) is 0 Å².